The second kappa shape index (κ2) is 6.65. The molecule has 2 heterocycles. The molecule has 1 N–H and O–H groups in total. The molecule has 0 radical (unpaired) electrons. The molecule has 5 nitrogen and oxygen atoms in total. The zero-order valence-electron chi connectivity index (χ0n) is 12.2. The first-order valence-corrected chi connectivity index (χ1v) is 8.92. The van der Waals surface area contributed by atoms with Crippen LogP contribution in [-0.4, -0.2) is 48.9 Å². The fourth-order valence-electron chi connectivity index (χ4n) is 2.44. The molecule has 0 aromatic carbocycles. The second-order valence-corrected chi connectivity index (χ2v) is 7.56. The largest absolute Gasteiger partial charge is 0.311 e. The summed E-state index contributed by atoms with van der Waals surface area (Å²) in [5.41, 5.74) is 2.04. The number of sulfone groups is 1. The van der Waals surface area contributed by atoms with Gasteiger partial charge in [0.2, 0.25) is 0 Å². The van der Waals surface area contributed by atoms with Crippen molar-refractivity contribution in [2.24, 2.45) is 0 Å². The summed E-state index contributed by atoms with van der Waals surface area (Å²) in [5.74, 6) is 0.512. The van der Waals surface area contributed by atoms with Gasteiger partial charge >= 0.3 is 0 Å². The van der Waals surface area contributed by atoms with E-state index >= 15 is 0 Å². The van der Waals surface area contributed by atoms with Gasteiger partial charge in [0.25, 0.3) is 0 Å². The van der Waals surface area contributed by atoms with Crippen LogP contribution in [0.3, 0.4) is 0 Å². The summed E-state index contributed by atoms with van der Waals surface area (Å²) in [6.07, 6.45) is 0. The molecule has 6 heteroatoms. The average Bonchev–Trinajstić information content (AvgIpc) is 2.40. The predicted molar refractivity (Wildman–Crippen MR) is 80.1 cm³/mol. The van der Waals surface area contributed by atoms with E-state index in [1.54, 1.807) is 0 Å². The van der Waals surface area contributed by atoms with E-state index in [0.29, 0.717) is 6.54 Å². The van der Waals surface area contributed by atoms with Gasteiger partial charge in [0.05, 0.1) is 22.9 Å². The van der Waals surface area contributed by atoms with Crippen molar-refractivity contribution in [2.75, 3.05) is 24.6 Å². The molecule has 0 bridgehead atoms. The van der Waals surface area contributed by atoms with Crippen LogP contribution in [0.25, 0.3) is 0 Å². The van der Waals surface area contributed by atoms with E-state index in [1.165, 1.54) is 0 Å². The van der Waals surface area contributed by atoms with Crippen molar-refractivity contribution >= 4 is 9.84 Å². The van der Waals surface area contributed by atoms with Crippen molar-refractivity contribution in [1.82, 2.24) is 15.2 Å². The first-order chi connectivity index (χ1) is 9.50. The van der Waals surface area contributed by atoms with Crippen molar-refractivity contribution in [3.05, 3.63) is 29.6 Å². The summed E-state index contributed by atoms with van der Waals surface area (Å²) in [6.45, 7) is 7.05. The molecule has 0 amide bonds. The highest BCUT2D eigenvalue weighted by molar-refractivity contribution is 7.91. The number of rotatable bonds is 5. The van der Waals surface area contributed by atoms with Crippen molar-refractivity contribution in [3.63, 3.8) is 0 Å². The molecule has 1 aromatic rings. The standard InChI is InChI=1S/C14H23N3O2S/c1-3-15-9-13-5-4-6-14(16-13)10-17-7-8-20(18,19)11-12(17)2/h4-6,12,15H,3,7-11H2,1-2H3. The lowest BCUT2D eigenvalue weighted by atomic mass is 10.2. The van der Waals surface area contributed by atoms with Gasteiger partial charge in [0.15, 0.2) is 9.84 Å². The maximum Gasteiger partial charge on any atom is 0.153 e. The molecule has 1 aromatic heterocycles. The van der Waals surface area contributed by atoms with Gasteiger partial charge < -0.3 is 5.32 Å². The van der Waals surface area contributed by atoms with Crippen molar-refractivity contribution < 1.29 is 8.42 Å². The average molecular weight is 297 g/mol. The molecule has 0 saturated carbocycles. The molecule has 2 rings (SSSR count). The quantitative estimate of drug-likeness (QED) is 0.871. The van der Waals surface area contributed by atoms with Crippen LogP contribution in [0.1, 0.15) is 25.2 Å². The number of hydrogen-bond donors (Lipinski definition) is 1. The first kappa shape index (κ1) is 15.4. The van der Waals surface area contributed by atoms with Gasteiger partial charge in [-0.2, -0.15) is 0 Å². The van der Waals surface area contributed by atoms with E-state index in [-0.39, 0.29) is 17.5 Å². The lowest BCUT2D eigenvalue weighted by molar-refractivity contribution is 0.215. The Kier molecular flexibility index (Phi) is 5.12. The number of pyridine rings is 1. The minimum atomic E-state index is -2.85. The van der Waals surface area contributed by atoms with Gasteiger partial charge in [-0.25, -0.2) is 8.42 Å². The Morgan fingerprint density at radius 2 is 2.15 bits per heavy atom. The van der Waals surface area contributed by atoms with E-state index in [0.717, 1.165) is 31.0 Å². The Morgan fingerprint density at radius 1 is 1.40 bits per heavy atom. The van der Waals surface area contributed by atoms with Crippen LogP contribution in [0.15, 0.2) is 18.2 Å². The van der Waals surface area contributed by atoms with E-state index < -0.39 is 9.84 Å². The van der Waals surface area contributed by atoms with Gasteiger partial charge in [-0.05, 0) is 25.6 Å². The summed E-state index contributed by atoms with van der Waals surface area (Å²) in [6, 6.07) is 6.09. The van der Waals surface area contributed by atoms with Crippen LogP contribution < -0.4 is 5.32 Å². The molecule has 1 aliphatic rings. The van der Waals surface area contributed by atoms with Crippen LogP contribution in [-0.2, 0) is 22.9 Å². The molecular formula is C14H23N3O2S. The molecule has 112 valence electrons. The molecule has 0 aliphatic carbocycles. The van der Waals surface area contributed by atoms with E-state index in [9.17, 15) is 8.42 Å². The third-order valence-corrected chi connectivity index (χ3v) is 5.39. The summed E-state index contributed by atoms with van der Waals surface area (Å²) in [7, 11) is -2.85. The van der Waals surface area contributed by atoms with Crippen molar-refractivity contribution in [2.45, 2.75) is 33.0 Å². The minimum absolute atomic E-state index is 0.0629. The van der Waals surface area contributed by atoms with Gasteiger partial charge in [-0.1, -0.05) is 13.0 Å². The fourth-order valence-corrected chi connectivity index (χ4v) is 4.07. The SMILES string of the molecule is CCNCc1cccc(CN2CCS(=O)(=O)CC2C)n1. The Hall–Kier alpha value is -0.980. The van der Waals surface area contributed by atoms with Gasteiger partial charge in [0, 0.05) is 25.7 Å². The highest BCUT2D eigenvalue weighted by Gasteiger charge is 2.28. The van der Waals surface area contributed by atoms with E-state index in [2.05, 4.69) is 22.1 Å². The normalized spacial score (nSPS) is 22.8. The highest BCUT2D eigenvalue weighted by atomic mass is 32.2. The predicted octanol–water partition coefficient (Wildman–Crippen LogP) is 0.810. The maximum absolute atomic E-state index is 11.6. The number of hydrogen-bond acceptors (Lipinski definition) is 5. The molecule has 1 aliphatic heterocycles. The molecule has 20 heavy (non-hydrogen) atoms. The van der Waals surface area contributed by atoms with Crippen LogP contribution in [0.2, 0.25) is 0 Å². The van der Waals surface area contributed by atoms with Gasteiger partial charge in [-0.15, -0.1) is 0 Å². The van der Waals surface area contributed by atoms with Crippen molar-refractivity contribution in [1.29, 1.82) is 0 Å². The van der Waals surface area contributed by atoms with Gasteiger partial charge in [0.1, 0.15) is 0 Å². The lowest BCUT2D eigenvalue weighted by Crippen LogP contribution is -2.46. The molecule has 1 saturated heterocycles. The first-order valence-electron chi connectivity index (χ1n) is 7.10. The Morgan fingerprint density at radius 3 is 2.85 bits per heavy atom. The molecule has 1 fully saturated rings. The van der Waals surface area contributed by atoms with E-state index in [1.807, 2.05) is 25.1 Å². The topological polar surface area (TPSA) is 62.3 Å². The minimum Gasteiger partial charge on any atom is -0.311 e. The second-order valence-electron chi connectivity index (χ2n) is 5.33. The Bertz CT molecular complexity index is 545. The molecule has 1 atom stereocenters. The number of aromatic nitrogens is 1. The molecule has 1 unspecified atom stereocenters. The molecular weight excluding hydrogens is 274 g/mol. The Labute approximate surface area is 121 Å². The van der Waals surface area contributed by atoms with Crippen LogP contribution in [0.4, 0.5) is 0 Å². The molecule has 0 spiro atoms. The fraction of sp³-hybridized carbons (Fsp3) is 0.643. The Balaban J connectivity index is 1.99. The smallest absolute Gasteiger partial charge is 0.153 e. The lowest BCUT2D eigenvalue weighted by Gasteiger charge is -2.32. The highest BCUT2D eigenvalue weighted by Crippen LogP contribution is 2.14. The monoisotopic (exact) mass is 297 g/mol. The van der Waals surface area contributed by atoms with Gasteiger partial charge in [-0.3, -0.25) is 9.88 Å². The summed E-state index contributed by atoms with van der Waals surface area (Å²) in [4.78, 5) is 6.82. The van der Waals surface area contributed by atoms with Crippen LogP contribution in [0, 0.1) is 0 Å². The van der Waals surface area contributed by atoms with Crippen LogP contribution in [0.5, 0.6) is 0 Å². The zero-order chi connectivity index (χ0) is 14.6. The van der Waals surface area contributed by atoms with E-state index in [4.69, 9.17) is 0 Å². The summed E-state index contributed by atoms with van der Waals surface area (Å²) < 4.78 is 23.2. The summed E-state index contributed by atoms with van der Waals surface area (Å²) in [5, 5.41) is 3.26. The number of nitrogens with one attached hydrogen (secondary N) is 1. The maximum atomic E-state index is 11.6. The number of nitrogens with zero attached hydrogens (tertiary/aromatic N) is 2. The zero-order valence-corrected chi connectivity index (χ0v) is 13.0. The van der Waals surface area contributed by atoms with Crippen LogP contribution >= 0.6 is 0 Å². The van der Waals surface area contributed by atoms with Crippen molar-refractivity contribution in [3.8, 4) is 0 Å². The third kappa shape index (κ3) is 4.26. The summed E-state index contributed by atoms with van der Waals surface area (Å²) >= 11 is 0. The third-order valence-electron chi connectivity index (χ3n) is 3.59.